The highest BCUT2D eigenvalue weighted by Gasteiger charge is 1.98. The molecule has 0 radical (unpaired) electrons. The summed E-state index contributed by atoms with van der Waals surface area (Å²) < 4.78 is 0. The number of rotatable bonds is 10. The van der Waals surface area contributed by atoms with Crippen molar-refractivity contribution in [1.29, 1.82) is 0 Å². The lowest BCUT2D eigenvalue weighted by Gasteiger charge is -1.98. The molecule has 0 aliphatic rings. The van der Waals surface area contributed by atoms with E-state index in [1.165, 1.54) is 0 Å². The van der Waals surface area contributed by atoms with Gasteiger partial charge in [-0.2, -0.15) is 0 Å². The molecule has 0 saturated heterocycles. The number of aliphatic carboxylic acids is 2. The van der Waals surface area contributed by atoms with Crippen molar-refractivity contribution in [2.24, 2.45) is 0 Å². The maximum absolute atomic E-state index is 10.1. The van der Waals surface area contributed by atoms with E-state index in [0.29, 0.717) is 0 Å². The number of carboxylic acids is 2. The summed E-state index contributed by atoms with van der Waals surface area (Å²) in [6.45, 7) is 5.54. The standard InChI is InChI=1S/C10H18O4.C4H8/c11-9(12)7-5-3-1-2-4-6-8-10(13)14;1-3-4-2/h1-8H2,(H,11,12)(H,13,14);3H,1,4H2,2H3. The molecule has 0 atom stereocenters. The summed E-state index contributed by atoms with van der Waals surface area (Å²) in [7, 11) is 0. The number of unbranched alkanes of at least 4 members (excludes halogenated alkanes) is 5. The molecular weight excluding hydrogens is 232 g/mol. The highest BCUT2D eigenvalue weighted by molar-refractivity contribution is 5.66. The van der Waals surface area contributed by atoms with Crippen LogP contribution in [0.15, 0.2) is 12.7 Å². The third kappa shape index (κ3) is 24.1. The topological polar surface area (TPSA) is 74.6 Å². The van der Waals surface area contributed by atoms with Crippen LogP contribution in [0.25, 0.3) is 0 Å². The number of hydrogen-bond acceptors (Lipinski definition) is 2. The zero-order chi connectivity index (χ0) is 14.2. The molecule has 106 valence electrons. The Balaban J connectivity index is 0. The second-order valence-electron chi connectivity index (χ2n) is 4.11. The summed E-state index contributed by atoms with van der Waals surface area (Å²) >= 11 is 0. The summed E-state index contributed by atoms with van der Waals surface area (Å²) in [5, 5.41) is 16.7. The number of carbonyl (C=O) groups is 2. The molecule has 0 unspecified atom stereocenters. The SMILES string of the molecule is C=CCC.O=C(O)CCCCCCCCC(=O)O. The van der Waals surface area contributed by atoms with E-state index in [1.54, 1.807) is 0 Å². The summed E-state index contributed by atoms with van der Waals surface area (Å²) in [6.07, 6.45) is 8.78. The Morgan fingerprint density at radius 2 is 1.17 bits per heavy atom. The van der Waals surface area contributed by atoms with Crippen molar-refractivity contribution in [3.63, 3.8) is 0 Å². The van der Waals surface area contributed by atoms with Gasteiger partial charge < -0.3 is 10.2 Å². The van der Waals surface area contributed by atoms with E-state index in [4.69, 9.17) is 10.2 Å². The van der Waals surface area contributed by atoms with Gasteiger partial charge in [-0.1, -0.05) is 38.7 Å². The van der Waals surface area contributed by atoms with Crippen LogP contribution in [0.4, 0.5) is 0 Å². The van der Waals surface area contributed by atoms with Gasteiger partial charge in [0.05, 0.1) is 0 Å². The summed E-state index contributed by atoms with van der Waals surface area (Å²) in [5.41, 5.74) is 0. The molecule has 0 aromatic heterocycles. The molecule has 4 nitrogen and oxygen atoms in total. The molecule has 0 heterocycles. The maximum Gasteiger partial charge on any atom is 0.303 e. The lowest BCUT2D eigenvalue weighted by molar-refractivity contribution is -0.138. The first kappa shape index (κ1) is 19.0. The predicted octanol–water partition coefficient (Wildman–Crippen LogP) is 3.86. The Bertz CT molecular complexity index is 204. The van der Waals surface area contributed by atoms with E-state index in [1.807, 2.05) is 6.08 Å². The molecule has 0 aromatic rings. The van der Waals surface area contributed by atoms with Crippen LogP contribution in [0.1, 0.15) is 64.7 Å². The average Bonchev–Trinajstić information content (AvgIpc) is 2.32. The molecule has 0 saturated carbocycles. The first-order valence-electron chi connectivity index (χ1n) is 6.59. The van der Waals surface area contributed by atoms with Gasteiger partial charge in [-0.25, -0.2) is 0 Å². The molecule has 0 fully saturated rings. The van der Waals surface area contributed by atoms with Crippen LogP contribution in [-0.4, -0.2) is 22.2 Å². The summed E-state index contributed by atoms with van der Waals surface area (Å²) in [4.78, 5) is 20.3. The molecule has 0 aliphatic heterocycles. The largest absolute Gasteiger partial charge is 0.481 e. The van der Waals surface area contributed by atoms with Gasteiger partial charge in [-0.3, -0.25) is 9.59 Å². The third-order valence-corrected chi connectivity index (χ3v) is 2.32. The van der Waals surface area contributed by atoms with Crippen LogP contribution in [0.2, 0.25) is 0 Å². The van der Waals surface area contributed by atoms with Crippen molar-refractivity contribution in [1.82, 2.24) is 0 Å². The molecule has 4 heteroatoms. The Hall–Kier alpha value is -1.32. The zero-order valence-corrected chi connectivity index (χ0v) is 11.4. The normalized spacial score (nSPS) is 9.17. The van der Waals surface area contributed by atoms with E-state index >= 15 is 0 Å². The summed E-state index contributed by atoms with van der Waals surface area (Å²) in [6, 6.07) is 0. The van der Waals surface area contributed by atoms with Gasteiger partial charge in [0.2, 0.25) is 0 Å². The van der Waals surface area contributed by atoms with E-state index in [9.17, 15) is 9.59 Å². The number of carboxylic acid groups (broad SMARTS) is 2. The first-order valence-corrected chi connectivity index (χ1v) is 6.59. The van der Waals surface area contributed by atoms with Crippen LogP contribution in [-0.2, 0) is 9.59 Å². The van der Waals surface area contributed by atoms with Gasteiger partial charge in [-0.15, -0.1) is 6.58 Å². The Labute approximate surface area is 110 Å². The molecule has 0 rings (SSSR count). The van der Waals surface area contributed by atoms with Gasteiger partial charge in [0.15, 0.2) is 0 Å². The van der Waals surface area contributed by atoms with Gasteiger partial charge in [-0.05, 0) is 19.3 Å². The Morgan fingerprint density at radius 3 is 1.39 bits per heavy atom. The second kappa shape index (κ2) is 15.7. The monoisotopic (exact) mass is 258 g/mol. The number of hydrogen-bond donors (Lipinski definition) is 2. The molecule has 2 N–H and O–H groups in total. The summed E-state index contributed by atoms with van der Waals surface area (Å²) in [5.74, 6) is -1.48. The van der Waals surface area contributed by atoms with E-state index < -0.39 is 11.9 Å². The van der Waals surface area contributed by atoms with E-state index in [-0.39, 0.29) is 12.8 Å². The minimum Gasteiger partial charge on any atom is -0.481 e. The third-order valence-electron chi connectivity index (χ3n) is 2.32. The van der Waals surface area contributed by atoms with Crippen molar-refractivity contribution in [2.75, 3.05) is 0 Å². The highest BCUT2D eigenvalue weighted by Crippen LogP contribution is 2.08. The molecule has 0 amide bonds. The zero-order valence-electron chi connectivity index (χ0n) is 11.4. The van der Waals surface area contributed by atoms with Crippen LogP contribution in [0, 0.1) is 0 Å². The quantitative estimate of drug-likeness (QED) is 0.461. The average molecular weight is 258 g/mol. The van der Waals surface area contributed by atoms with Crippen LogP contribution in [0.3, 0.4) is 0 Å². The fourth-order valence-corrected chi connectivity index (χ4v) is 1.26. The van der Waals surface area contributed by atoms with Crippen LogP contribution < -0.4 is 0 Å². The van der Waals surface area contributed by atoms with Gasteiger partial charge in [0, 0.05) is 12.8 Å². The first-order chi connectivity index (χ1) is 8.54. The lowest BCUT2D eigenvalue weighted by Crippen LogP contribution is -1.94. The lowest BCUT2D eigenvalue weighted by atomic mass is 10.1. The highest BCUT2D eigenvalue weighted by atomic mass is 16.4. The molecule has 0 aromatic carbocycles. The van der Waals surface area contributed by atoms with Gasteiger partial charge >= 0.3 is 11.9 Å². The van der Waals surface area contributed by atoms with Crippen molar-refractivity contribution < 1.29 is 19.8 Å². The smallest absolute Gasteiger partial charge is 0.303 e. The van der Waals surface area contributed by atoms with Crippen molar-refractivity contribution in [3.05, 3.63) is 12.7 Å². The predicted molar refractivity (Wildman–Crippen MR) is 72.7 cm³/mol. The van der Waals surface area contributed by atoms with Crippen molar-refractivity contribution in [2.45, 2.75) is 64.7 Å². The Morgan fingerprint density at radius 1 is 0.889 bits per heavy atom. The maximum atomic E-state index is 10.1. The second-order valence-corrected chi connectivity index (χ2v) is 4.11. The van der Waals surface area contributed by atoms with Crippen LogP contribution >= 0.6 is 0 Å². The molecule has 18 heavy (non-hydrogen) atoms. The minimum absolute atomic E-state index is 0.245. The van der Waals surface area contributed by atoms with Gasteiger partial charge in [0.1, 0.15) is 0 Å². The Kier molecular flexibility index (Phi) is 16.6. The van der Waals surface area contributed by atoms with Crippen molar-refractivity contribution in [3.8, 4) is 0 Å². The minimum atomic E-state index is -0.740. The van der Waals surface area contributed by atoms with Gasteiger partial charge in [0.25, 0.3) is 0 Å². The fraction of sp³-hybridized carbons (Fsp3) is 0.714. The van der Waals surface area contributed by atoms with Crippen molar-refractivity contribution >= 4 is 11.9 Å². The molecule has 0 bridgehead atoms. The molecular formula is C14H26O4. The fourth-order valence-electron chi connectivity index (χ4n) is 1.26. The number of allylic oxidation sites excluding steroid dienone is 1. The molecule has 0 aliphatic carbocycles. The molecule has 0 spiro atoms. The van der Waals surface area contributed by atoms with E-state index in [2.05, 4.69) is 13.5 Å². The van der Waals surface area contributed by atoms with E-state index in [0.717, 1.165) is 44.9 Å². The van der Waals surface area contributed by atoms with Crippen LogP contribution in [0.5, 0.6) is 0 Å².